The number of amides is 1. The van der Waals surface area contributed by atoms with Gasteiger partial charge in [0, 0.05) is 29.7 Å². The zero-order valence-electron chi connectivity index (χ0n) is 9.24. The van der Waals surface area contributed by atoms with Gasteiger partial charge in [-0.15, -0.1) is 0 Å². The van der Waals surface area contributed by atoms with Gasteiger partial charge in [-0.2, -0.15) is 0 Å². The molecule has 0 saturated carbocycles. The van der Waals surface area contributed by atoms with Crippen molar-refractivity contribution >= 4 is 17.5 Å². The van der Waals surface area contributed by atoms with Crippen LogP contribution in [0.2, 0.25) is 5.02 Å². The van der Waals surface area contributed by atoms with Gasteiger partial charge in [0.2, 0.25) is 0 Å². The van der Waals surface area contributed by atoms with Crippen LogP contribution in [0.1, 0.15) is 22.3 Å². The van der Waals surface area contributed by atoms with Crippen molar-refractivity contribution in [1.82, 2.24) is 4.90 Å². The molecule has 1 aromatic rings. The average Bonchev–Trinajstić information content (AvgIpc) is 2.67. The zero-order chi connectivity index (χ0) is 11.7. The average molecular weight is 239 g/mol. The van der Waals surface area contributed by atoms with Gasteiger partial charge in [-0.05, 0) is 31.0 Å². The molecule has 1 aliphatic rings. The molecule has 4 heteroatoms. The third-order valence-corrected chi connectivity index (χ3v) is 3.18. The molecule has 0 unspecified atom stereocenters. The predicted octanol–water partition coefficient (Wildman–Crippen LogP) is 1.82. The van der Waals surface area contributed by atoms with Gasteiger partial charge in [-0.3, -0.25) is 4.79 Å². The number of hydrogen-bond donors (Lipinski definition) is 1. The Morgan fingerprint density at radius 2 is 2.31 bits per heavy atom. The fraction of sp³-hybridized carbons (Fsp3) is 0.417. The monoisotopic (exact) mass is 238 g/mol. The Hall–Kier alpha value is -1.06. The van der Waals surface area contributed by atoms with Gasteiger partial charge in [0.15, 0.2) is 0 Å². The molecule has 16 heavy (non-hydrogen) atoms. The highest BCUT2D eigenvalue weighted by molar-refractivity contribution is 6.31. The highest BCUT2D eigenvalue weighted by Gasteiger charge is 2.25. The van der Waals surface area contributed by atoms with E-state index in [1.165, 1.54) is 0 Å². The summed E-state index contributed by atoms with van der Waals surface area (Å²) in [5, 5.41) is 0.595. The Labute approximate surface area is 100 Å². The quantitative estimate of drug-likeness (QED) is 0.811. The molecule has 3 nitrogen and oxygen atoms in total. The Morgan fingerprint density at radius 1 is 1.56 bits per heavy atom. The molecular weight excluding hydrogens is 224 g/mol. The first-order valence-electron chi connectivity index (χ1n) is 5.39. The van der Waals surface area contributed by atoms with Gasteiger partial charge in [0.25, 0.3) is 5.91 Å². The lowest BCUT2D eigenvalue weighted by Crippen LogP contribution is -2.32. The Balaban J connectivity index is 2.23. The maximum atomic E-state index is 12.2. The highest BCUT2D eigenvalue weighted by Crippen LogP contribution is 2.19. The van der Waals surface area contributed by atoms with Crippen molar-refractivity contribution in [3.63, 3.8) is 0 Å². The summed E-state index contributed by atoms with van der Waals surface area (Å²) in [6.45, 7) is 3.30. The lowest BCUT2D eigenvalue weighted by molar-refractivity contribution is 0.0790. The number of carbonyl (C=O) groups is 1. The van der Waals surface area contributed by atoms with E-state index >= 15 is 0 Å². The predicted molar refractivity (Wildman–Crippen MR) is 64.7 cm³/mol. The second kappa shape index (κ2) is 4.44. The Morgan fingerprint density at radius 3 is 2.94 bits per heavy atom. The van der Waals surface area contributed by atoms with Crippen LogP contribution in [0.5, 0.6) is 0 Å². The summed E-state index contributed by atoms with van der Waals surface area (Å²) < 4.78 is 0. The molecule has 0 bridgehead atoms. The molecule has 1 amide bonds. The molecule has 1 saturated heterocycles. The molecule has 2 rings (SSSR count). The zero-order valence-corrected chi connectivity index (χ0v) is 10.00. The third-order valence-electron chi connectivity index (χ3n) is 2.94. The van der Waals surface area contributed by atoms with E-state index in [9.17, 15) is 4.79 Å². The minimum absolute atomic E-state index is 0.0351. The maximum Gasteiger partial charge on any atom is 0.254 e. The van der Waals surface area contributed by atoms with Crippen LogP contribution in [-0.2, 0) is 0 Å². The van der Waals surface area contributed by atoms with Crippen LogP contribution in [0.25, 0.3) is 0 Å². The van der Waals surface area contributed by atoms with Crippen LogP contribution in [0.3, 0.4) is 0 Å². The van der Waals surface area contributed by atoms with Crippen LogP contribution < -0.4 is 5.73 Å². The number of nitrogens with zero attached hydrogens (tertiary/aromatic N) is 1. The van der Waals surface area contributed by atoms with Crippen molar-refractivity contribution in [2.75, 3.05) is 13.1 Å². The fourth-order valence-electron chi connectivity index (χ4n) is 1.97. The summed E-state index contributed by atoms with van der Waals surface area (Å²) in [5.74, 6) is 0.0351. The van der Waals surface area contributed by atoms with Crippen LogP contribution in [-0.4, -0.2) is 29.9 Å². The van der Waals surface area contributed by atoms with E-state index < -0.39 is 0 Å². The SMILES string of the molecule is Cc1ccc(Cl)cc1C(=O)N1CC[C@@H](N)C1. The number of benzene rings is 1. The highest BCUT2D eigenvalue weighted by atomic mass is 35.5. The number of likely N-dealkylation sites (tertiary alicyclic amines) is 1. The van der Waals surface area contributed by atoms with Gasteiger partial charge >= 0.3 is 0 Å². The molecular formula is C12H15ClN2O. The molecule has 1 aromatic carbocycles. The number of hydrogen-bond acceptors (Lipinski definition) is 2. The molecule has 0 spiro atoms. The molecule has 2 N–H and O–H groups in total. The van der Waals surface area contributed by atoms with E-state index in [2.05, 4.69) is 0 Å². The van der Waals surface area contributed by atoms with Gasteiger partial charge in [-0.1, -0.05) is 17.7 Å². The molecule has 0 aromatic heterocycles. The van der Waals surface area contributed by atoms with Crippen molar-refractivity contribution in [1.29, 1.82) is 0 Å². The van der Waals surface area contributed by atoms with Crippen LogP contribution in [0.15, 0.2) is 18.2 Å². The number of aryl methyl sites for hydroxylation is 1. The summed E-state index contributed by atoms with van der Waals surface area (Å²) in [5.41, 5.74) is 7.42. The van der Waals surface area contributed by atoms with Crippen LogP contribution in [0, 0.1) is 6.92 Å². The fourth-order valence-corrected chi connectivity index (χ4v) is 2.14. The summed E-state index contributed by atoms with van der Waals surface area (Å²) in [7, 11) is 0. The lowest BCUT2D eigenvalue weighted by atomic mass is 10.1. The van der Waals surface area contributed by atoms with Crippen LogP contribution >= 0.6 is 11.6 Å². The van der Waals surface area contributed by atoms with Gasteiger partial charge < -0.3 is 10.6 Å². The summed E-state index contributed by atoms with van der Waals surface area (Å²) in [6, 6.07) is 5.50. The Bertz CT molecular complexity index is 419. The minimum atomic E-state index is 0.0351. The topological polar surface area (TPSA) is 46.3 Å². The number of halogens is 1. The summed E-state index contributed by atoms with van der Waals surface area (Å²) >= 11 is 5.90. The van der Waals surface area contributed by atoms with Gasteiger partial charge in [-0.25, -0.2) is 0 Å². The largest absolute Gasteiger partial charge is 0.337 e. The van der Waals surface area contributed by atoms with Gasteiger partial charge in [0.1, 0.15) is 0 Å². The van der Waals surface area contributed by atoms with E-state index in [4.69, 9.17) is 17.3 Å². The normalized spacial score (nSPS) is 20.2. The summed E-state index contributed by atoms with van der Waals surface area (Å²) in [4.78, 5) is 14.0. The van der Waals surface area contributed by atoms with E-state index in [1.54, 1.807) is 17.0 Å². The summed E-state index contributed by atoms with van der Waals surface area (Å²) in [6.07, 6.45) is 0.880. The molecule has 0 radical (unpaired) electrons. The second-order valence-electron chi connectivity index (χ2n) is 4.26. The number of nitrogens with two attached hydrogens (primary N) is 1. The van der Waals surface area contributed by atoms with E-state index in [-0.39, 0.29) is 11.9 Å². The maximum absolute atomic E-state index is 12.2. The molecule has 1 fully saturated rings. The van der Waals surface area contributed by atoms with Crippen molar-refractivity contribution in [2.24, 2.45) is 5.73 Å². The van der Waals surface area contributed by atoms with E-state index in [0.29, 0.717) is 17.1 Å². The molecule has 86 valence electrons. The number of carbonyl (C=O) groups excluding carboxylic acids is 1. The third kappa shape index (κ3) is 2.20. The van der Waals surface area contributed by atoms with Crippen LogP contribution in [0.4, 0.5) is 0 Å². The molecule has 1 heterocycles. The first kappa shape index (κ1) is 11.4. The van der Waals surface area contributed by atoms with E-state index in [0.717, 1.165) is 18.5 Å². The standard InChI is InChI=1S/C12H15ClN2O/c1-8-2-3-9(13)6-11(8)12(16)15-5-4-10(14)7-15/h2-3,6,10H,4-5,7,14H2,1H3/t10-/m1/s1. The van der Waals surface area contributed by atoms with Gasteiger partial charge in [0.05, 0.1) is 0 Å². The first-order chi connectivity index (χ1) is 7.58. The van der Waals surface area contributed by atoms with Crippen molar-refractivity contribution in [3.05, 3.63) is 34.3 Å². The Kier molecular flexibility index (Phi) is 3.17. The van der Waals surface area contributed by atoms with Crippen molar-refractivity contribution < 1.29 is 4.79 Å². The molecule has 0 aliphatic carbocycles. The van der Waals surface area contributed by atoms with Crippen molar-refractivity contribution in [2.45, 2.75) is 19.4 Å². The van der Waals surface area contributed by atoms with Crippen molar-refractivity contribution in [3.8, 4) is 0 Å². The van der Waals surface area contributed by atoms with E-state index in [1.807, 2.05) is 13.0 Å². The molecule has 1 atom stereocenters. The molecule has 1 aliphatic heterocycles. The lowest BCUT2D eigenvalue weighted by Gasteiger charge is -2.17. The second-order valence-corrected chi connectivity index (χ2v) is 4.70. The minimum Gasteiger partial charge on any atom is -0.337 e. The first-order valence-corrected chi connectivity index (χ1v) is 5.76. The smallest absolute Gasteiger partial charge is 0.254 e. The number of rotatable bonds is 1.